The number of rotatable bonds is 7. The molecule has 0 saturated carbocycles. The molecule has 0 aliphatic rings. The summed E-state index contributed by atoms with van der Waals surface area (Å²) < 4.78 is 0. The SMILES string of the molecule is CC(C)CCC[C@@H](C)N=C(N)SCc1ccc(C#N)cc1. The van der Waals surface area contributed by atoms with Gasteiger partial charge in [0, 0.05) is 11.8 Å². The van der Waals surface area contributed by atoms with Crippen molar-refractivity contribution < 1.29 is 0 Å². The van der Waals surface area contributed by atoms with Gasteiger partial charge < -0.3 is 5.73 Å². The number of aliphatic imine (C=N–C) groups is 1. The molecule has 1 aromatic carbocycles. The summed E-state index contributed by atoms with van der Waals surface area (Å²) in [7, 11) is 0. The summed E-state index contributed by atoms with van der Waals surface area (Å²) in [6, 6.07) is 10.00. The summed E-state index contributed by atoms with van der Waals surface area (Å²) in [5.74, 6) is 1.55. The first-order chi connectivity index (χ1) is 10.0. The Morgan fingerprint density at radius 3 is 2.48 bits per heavy atom. The van der Waals surface area contributed by atoms with Crippen LogP contribution in [0.5, 0.6) is 0 Å². The second-order valence-electron chi connectivity index (χ2n) is 5.74. The average molecular weight is 303 g/mol. The first-order valence-electron chi connectivity index (χ1n) is 7.46. The van der Waals surface area contributed by atoms with Crippen molar-refractivity contribution >= 4 is 16.9 Å². The lowest BCUT2D eigenvalue weighted by atomic mass is 10.0. The molecule has 0 radical (unpaired) electrons. The summed E-state index contributed by atoms with van der Waals surface area (Å²) in [5, 5.41) is 9.41. The Morgan fingerprint density at radius 1 is 1.24 bits per heavy atom. The van der Waals surface area contributed by atoms with Crippen LogP contribution in [0.15, 0.2) is 29.3 Å². The number of benzene rings is 1. The third-order valence-corrected chi connectivity index (χ3v) is 4.10. The monoisotopic (exact) mass is 303 g/mol. The maximum Gasteiger partial charge on any atom is 0.154 e. The van der Waals surface area contributed by atoms with Gasteiger partial charge in [-0.2, -0.15) is 5.26 Å². The van der Waals surface area contributed by atoms with Gasteiger partial charge in [-0.15, -0.1) is 0 Å². The zero-order valence-electron chi connectivity index (χ0n) is 13.2. The van der Waals surface area contributed by atoms with Crippen LogP contribution in [0.25, 0.3) is 0 Å². The van der Waals surface area contributed by atoms with E-state index >= 15 is 0 Å². The molecule has 0 aliphatic carbocycles. The molecule has 1 aromatic rings. The molecule has 0 spiro atoms. The number of hydrogen-bond acceptors (Lipinski definition) is 3. The highest BCUT2D eigenvalue weighted by atomic mass is 32.2. The molecule has 114 valence electrons. The van der Waals surface area contributed by atoms with Gasteiger partial charge in [0.1, 0.15) is 0 Å². The van der Waals surface area contributed by atoms with E-state index in [4.69, 9.17) is 11.0 Å². The first kappa shape index (κ1) is 17.6. The number of thioether (sulfide) groups is 1. The quantitative estimate of drug-likeness (QED) is 0.602. The normalized spacial score (nSPS) is 13.2. The molecule has 21 heavy (non-hydrogen) atoms. The van der Waals surface area contributed by atoms with Crippen molar-refractivity contribution in [2.75, 3.05) is 0 Å². The van der Waals surface area contributed by atoms with Crippen molar-refractivity contribution in [2.45, 2.75) is 51.8 Å². The van der Waals surface area contributed by atoms with Crippen LogP contribution in [0.4, 0.5) is 0 Å². The predicted molar refractivity (Wildman–Crippen MR) is 92.2 cm³/mol. The predicted octanol–water partition coefficient (Wildman–Crippen LogP) is 4.32. The maximum absolute atomic E-state index is 8.76. The van der Waals surface area contributed by atoms with Crippen LogP contribution in [0.2, 0.25) is 0 Å². The summed E-state index contributed by atoms with van der Waals surface area (Å²) in [4.78, 5) is 4.53. The van der Waals surface area contributed by atoms with E-state index in [9.17, 15) is 0 Å². The molecule has 1 rings (SSSR count). The van der Waals surface area contributed by atoms with Crippen molar-refractivity contribution in [1.82, 2.24) is 0 Å². The Morgan fingerprint density at radius 2 is 1.90 bits per heavy atom. The van der Waals surface area contributed by atoms with Gasteiger partial charge >= 0.3 is 0 Å². The van der Waals surface area contributed by atoms with Gasteiger partial charge in [-0.3, -0.25) is 4.99 Å². The maximum atomic E-state index is 8.76. The van der Waals surface area contributed by atoms with E-state index in [1.54, 1.807) is 11.8 Å². The molecule has 0 bridgehead atoms. The second kappa shape index (κ2) is 9.46. The Hall–Kier alpha value is -1.47. The number of hydrogen-bond donors (Lipinski definition) is 1. The van der Waals surface area contributed by atoms with Gasteiger partial charge in [0.25, 0.3) is 0 Å². The smallest absolute Gasteiger partial charge is 0.154 e. The summed E-state index contributed by atoms with van der Waals surface area (Å²) >= 11 is 1.56. The van der Waals surface area contributed by atoms with Crippen molar-refractivity contribution in [1.29, 1.82) is 5.26 Å². The molecule has 0 amide bonds. The van der Waals surface area contributed by atoms with E-state index in [1.165, 1.54) is 12.8 Å². The van der Waals surface area contributed by atoms with Crippen molar-refractivity contribution in [3.63, 3.8) is 0 Å². The lowest BCUT2D eigenvalue weighted by Crippen LogP contribution is -2.12. The number of amidine groups is 1. The van der Waals surface area contributed by atoms with E-state index in [1.807, 2.05) is 24.3 Å². The standard InChI is InChI=1S/C17H25N3S/c1-13(2)5-4-6-14(3)20-17(19)21-12-16-9-7-15(11-18)8-10-16/h7-10,13-14H,4-6,12H2,1-3H3,(H2,19,20)/t14-/m1/s1. The van der Waals surface area contributed by atoms with Crippen LogP contribution in [0.3, 0.4) is 0 Å². The summed E-state index contributed by atoms with van der Waals surface area (Å²) in [6.07, 6.45) is 3.55. The fraction of sp³-hybridized carbons (Fsp3) is 0.529. The zero-order chi connectivity index (χ0) is 15.7. The lowest BCUT2D eigenvalue weighted by molar-refractivity contribution is 0.512. The van der Waals surface area contributed by atoms with Gasteiger partial charge in [-0.1, -0.05) is 50.6 Å². The first-order valence-corrected chi connectivity index (χ1v) is 8.45. The Bertz CT molecular complexity index is 486. The molecule has 1 atom stereocenters. The number of nitrogens with zero attached hydrogens (tertiary/aromatic N) is 2. The molecule has 0 unspecified atom stereocenters. The zero-order valence-corrected chi connectivity index (χ0v) is 14.0. The van der Waals surface area contributed by atoms with E-state index < -0.39 is 0 Å². The van der Waals surface area contributed by atoms with Gasteiger partial charge in [0.2, 0.25) is 0 Å². The van der Waals surface area contributed by atoms with Crippen LogP contribution < -0.4 is 5.73 Å². The van der Waals surface area contributed by atoms with Crippen LogP contribution in [0.1, 0.15) is 51.2 Å². The molecule has 0 aliphatic heterocycles. The molecule has 3 nitrogen and oxygen atoms in total. The summed E-state index contributed by atoms with van der Waals surface area (Å²) in [6.45, 7) is 6.61. The number of nitrogens with two attached hydrogens (primary N) is 1. The minimum atomic E-state index is 0.289. The van der Waals surface area contributed by atoms with Gasteiger partial charge in [0.05, 0.1) is 11.6 Å². The van der Waals surface area contributed by atoms with E-state index in [2.05, 4.69) is 31.8 Å². The highest BCUT2D eigenvalue weighted by Gasteiger charge is 2.03. The van der Waals surface area contributed by atoms with Gasteiger partial charge in [0.15, 0.2) is 5.17 Å². The number of nitriles is 1. The molecule has 2 N–H and O–H groups in total. The minimum absolute atomic E-state index is 0.289. The van der Waals surface area contributed by atoms with Crippen LogP contribution in [0, 0.1) is 17.2 Å². The second-order valence-corrected chi connectivity index (χ2v) is 6.73. The molecule has 0 fully saturated rings. The molecule has 0 aromatic heterocycles. The van der Waals surface area contributed by atoms with Crippen molar-refractivity contribution in [3.8, 4) is 6.07 Å². The fourth-order valence-corrected chi connectivity index (χ4v) is 2.73. The van der Waals surface area contributed by atoms with E-state index in [0.29, 0.717) is 10.7 Å². The van der Waals surface area contributed by atoms with Gasteiger partial charge in [-0.25, -0.2) is 0 Å². The molecular formula is C17H25N3S. The minimum Gasteiger partial charge on any atom is -0.379 e. The van der Waals surface area contributed by atoms with Crippen LogP contribution in [-0.2, 0) is 5.75 Å². The molecular weight excluding hydrogens is 278 g/mol. The highest BCUT2D eigenvalue weighted by molar-refractivity contribution is 8.13. The third-order valence-electron chi connectivity index (χ3n) is 3.22. The Kier molecular flexibility index (Phi) is 7.92. The molecule has 0 saturated heterocycles. The average Bonchev–Trinajstić information content (AvgIpc) is 2.45. The largest absolute Gasteiger partial charge is 0.379 e. The highest BCUT2D eigenvalue weighted by Crippen LogP contribution is 2.15. The van der Waals surface area contributed by atoms with E-state index in [0.717, 1.165) is 23.7 Å². The topological polar surface area (TPSA) is 62.2 Å². The van der Waals surface area contributed by atoms with Crippen LogP contribution in [-0.4, -0.2) is 11.2 Å². The third kappa shape index (κ3) is 7.77. The fourth-order valence-electron chi connectivity index (χ4n) is 1.97. The summed E-state index contributed by atoms with van der Waals surface area (Å²) in [5.41, 5.74) is 7.81. The Balaban J connectivity index is 2.35. The molecule has 0 heterocycles. The molecule has 4 heteroatoms. The van der Waals surface area contributed by atoms with E-state index in [-0.39, 0.29) is 6.04 Å². The van der Waals surface area contributed by atoms with Crippen molar-refractivity contribution in [3.05, 3.63) is 35.4 Å². The van der Waals surface area contributed by atoms with Crippen LogP contribution >= 0.6 is 11.8 Å². The van der Waals surface area contributed by atoms with Crippen molar-refractivity contribution in [2.24, 2.45) is 16.6 Å². The van der Waals surface area contributed by atoms with Gasteiger partial charge in [-0.05, 0) is 37.0 Å². The Labute approximate surface area is 132 Å². The lowest BCUT2D eigenvalue weighted by Gasteiger charge is -2.09.